The van der Waals surface area contributed by atoms with Crippen LogP contribution in [-0.2, 0) is 28.6 Å². The SMILES string of the molecule is CCCCCCCCCC/C=C\CCCCCCCCCCCCCC(=O)OCC(COC(=O)CCCCCCCCCCCCC)OC(=O)CCCCCCCCCCCCCC. The highest BCUT2D eigenvalue weighted by Gasteiger charge is 2.19. The summed E-state index contributed by atoms with van der Waals surface area (Å²) in [7, 11) is 0. The van der Waals surface area contributed by atoms with Crippen LogP contribution in [0.25, 0.3) is 0 Å². The average Bonchev–Trinajstić information content (AvgIpc) is 3.29. The Morgan fingerprint density at radius 3 is 0.781 bits per heavy atom. The summed E-state index contributed by atoms with van der Waals surface area (Å²) in [6.07, 6.45) is 60.7. The van der Waals surface area contributed by atoms with Crippen LogP contribution in [0.4, 0.5) is 0 Å². The fourth-order valence-corrected chi connectivity index (χ4v) is 8.68. The van der Waals surface area contributed by atoms with Crippen LogP contribution in [0, 0.1) is 0 Å². The minimum absolute atomic E-state index is 0.0644. The standard InChI is InChI=1S/C58H110O6/c1-4-7-10-13-16-19-22-24-25-26-27-28-29-30-31-32-33-34-37-39-42-45-48-51-57(60)63-54-55(53-62-56(59)50-47-44-41-38-35-21-18-15-12-9-6-3)64-58(61)52-49-46-43-40-36-23-20-17-14-11-8-5-2/h26-27,55H,4-25,28-54H2,1-3H3/b27-26-. The molecule has 378 valence electrons. The van der Waals surface area contributed by atoms with Crippen LogP contribution < -0.4 is 0 Å². The van der Waals surface area contributed by atoms with Gasteiger partial charge in [0.25, 0.3) is 0 Å². The van der Waals surface area contributed by atoms with Gasteiger partial charge in [0.2, 0.25) is 0 Å². The van der Waals surface area contributed by atoms with Crippen molar-refractivity contribution in [1.82, 2.24) is 0 Å². The molecule has 0 heterocycles. The molecule has 0 aliphatic rings. The molecule has 0 saturated carbocycles. The van der Waals surface area contributed by atoms with E-state index in [1.54, 1.807) is 0 Å². The van der Waals surface area contributed by atoms with Gasteiger partial charge in [-0.05, 0) is 44.9 Å². The molecule has 0 spiro atoms. The van der Waals surface area contributed by atoms with Crippen LogP contribution in [-0.4, -0.2) is 37.2 Å². The third kappa shape index (κ3) is 51.1. The number of hydrogen-bond acceptors (Lipinski definition) is 6. The Labute approximate surface area is 399 Å². The minimum atomic E-state index is -0.763. The van der Waals surface area contributed by atoms with E-state index in [-0.39, 0.29) is 31.1 Å². The van der Waals surface area contributed by atoms with E-state index in [4.69, 9.17) is 14.2 Å². The van der Waals surface area contributed by atoms with Crippen LogP contribution in [0.3, 0.4) is 0 Å². The van der Waals surface area contributed by atoms with Crippen molar-refractivity contribution in [1.29, 1.82) is 0 Å². The predicted molar refractivity (Wildman–Crippen MR) is 275 cm³/mol. The topological polar surface area (TPSA) is 78.9 Å². The lowest BCUT2D eigenvalue weighted by atomic mass is 10.0. The second-order valence-electron chi connectivity index (χ2n) is 19.6. The summed E-state index contributed by atoms with van der Waals surface area (Å²) in [6, 6.07) is 0. The van der Waals surface area contributed by atoms with Crippen LogP contribution in [0.1, 0.15) is 323 Å². The molecule has 1 unspecified atom stereocenters. The Balaban J connectivity index is 4.18. The maximum absolute atomic E-state index is 12.8. The largest absolute Gasteiger partial charge is 0.462 e. The van der Waals surface area contributed by atoms with Gasteiger partial charge in [-0.3, -0.25) is 14.4 Å². The van der Waals surface area contributed by atoms with E-state index in [1.807, 2.05) is 0 Å². The second-order valence-corrected chi connectivity index (χ2v) is 19.6. The molecule has 0 aromatic carbocycles. The molecule has 0 aromatic rings. The van der Waals surface area contributed by atoms with Gasteiger partial charge in [0, 0.05) is 19.3 Å². The van der Waals surface area contributed by atoms with Crippen molar-refractivity contribution in [2.45, 2.75) is 329 Å². The third-order valence-corrected chi connectivity index (χ3v) is 13.0. The molecule has 0 N–H and O–H groups in total. The van der Waals surface area contributed by atoms with Gasteiger partial charge in [0.1, 0.15) is 13.2 Å². The predicted octanol–water partition coefficient (Wildman–Crippen LogP) is 18.9. The summed E-state index contributed by atoms with van der Waals surface area (Å²) >= 11 is 0. The highest BCUT2D eigenvalue weighted by molar-refractivity contribution is 5.71. The van der Waals surface area contributed by atoms with Crippen molar-refractivity contribution in [2.24, 2.45) is 0 Å². The first-order valence-corrected chi connectivity index (χ1v) is 28.7. The van der Waals surface area contributed by atoms with Gasteiger partial charge < -0.3 is 14.2 Å². The quantitative estimate of drug-likeness (QED) is 0.0262. The second kappa shape index (κ2) is 53.8. The normalized spacial score (nSPS) is 12.0. The zero-order valence-corrected chi connectivity index (χ0v) is 43.3. The van der Waals surface area contributed by atoms with Crippen molar-refractivity contribution >= 4 is 17.9 Å². The molecule has 0 radical (unpaired) electrons. The molecular weight excluding hydrogens is 793 g/mol. The summed E-state index contributed by atoms with van der Waals surface area (Å²) in [5.41, 5.74) is 0. The van der Waals surface area contributed by atoms with E-state index in [1.165, 1.54) is 225 Å². The third-order valence-electron chi connectivity index (χ3n) is 13.0. The molecule has 64 heavy (non-hydrogen) atoms. The van der Waals surface area contributed by atoms with Crippen molar-refractivity contribution in [3.8, 4) is 0 Å². The first-order chi connectivity index (χ1) is 31.5. The van der Waals surface area contributed by atoms with Crippen LogP contribution in [0.2, 0.25) is 0 Å². The molecule has 0 amide bonds. The van der Waals surface area contributed by atoms with Crippen LogP contribution >= 0.6 is 0 Å². The zero-order valence-electron chi connectivity index (χ0n) is 43.3. The number of carbonyl (C=O) groups is 3. The van der Waals surface area contributed by atoms with E-state index in [2.05, 4.69) is 32.9 Å². The minimum Gasteiger partial charge on any atom is -0.462 e. The maximum Gasteiger partial charge on any atom is 0.306 e. The van der Waals surface area contributed by atoms with Gasteiger partial charge in [-0.2, -0.15) is 0 Å². The lowest BCUT2D eigenvalue weighted by molar-refractivity contribution is -0.167. The number of ether oxygens (including phenoxy) is 3. The summed E-state index contributed by atoms with van der Waals surface area (Å²) in [5, 5.41) is 0. The first-order valence-electron chi connectivity index (χ1n) is 28.7. The Morgan fingerprint density at radius 1 is 0.297 bits per heavy atom. The average molecular weight is 904 g/mol. The smallest absolute Gasteiger partial charge is 0.306 e. The first kappa shape index (κ1) is 62.1. The van der Waals surface area contributed by atoms with Crippen molar-refractivity contribution < 1.29 is 28.6 Å². The lowest BCUT2D eigenvalue weighted by Crippen LogP contribution is -2.30. The number of allylic oxidation sites excluding steroid dienone is 2. The lowest BCUT2D eigenvalue weighted by Gasteiger charge is -2.18. The molecular formula is C58H110O6. The molecule has 0 aromatic heterocycles. The number of esters is 3. The van der Waals surface area contributed by atoms with Gasteiger partial charge in [-0.25, -0.2) is 0 Å². The molecule has 0 saturated heterocycles. The number of hydrogen-bond donors (Lipinski definition) is 0. The van der Waals surface area contributed by atoms with Crippen LogP contribution in [0.5, 0.6) is 0 Å². The van der Waals surface area contributed by atoms with Gasteiger partial charge >= 0.3 is 17.9 Å². The summed E-state index contributed by atoms with van der Waals surface area (Å²) in [4.78, 5) is 38.0. The zero-order chi connectivity index (χ0) is 46.5. The Hall–Kier alpha value is -1.85. The van der Waals surface area contributed by atoms with Crippen molar-refractivity contribution in [3.63, 3.8) is 0 Å². The number of carbonyl (C=O) groups excluding carboxylic acids is 3. The molecule has 0 bridgehead atoms. The van der Waals surface area contributed by atoms with Gasteiger partial charge in [0.15, 0.2) is 6.10 Å². The number of unbranched alkanes of at least 4 members (excludes halogenated alkanes) is 40. The maximum atomic E-state index is 12.8. The Morgan fingerprint density at radius 2 is 0.516 bits per heavy atom. The summed E-state index contributed by atoms with van der Waals surface area (Å²) < 4.78 is 16.8. The summed E-state index contributed by atoms with van der Waals surface area (Å²) in [5.74, 6) is -0.845. The van der Waals surface area contributed by atoms with Gasteiger partial charge in [-0.1, -0.05) is 270 Å². The van der Waals surface area contributed by atoms with Crippen LogP contribution in [0.15, 0.2) is 12.2 Å². The molecule has 0 aliphatic heterocycles. The fourth-order valence-electron chi connectivity index (χ4n) is 8.68. The van der Waals surface area contributed by atoms with E-state index < -0.39 is 6.10 Å². The Bertz CT molecular complexity index is 993. The van der Waals surface area contributed by atoms with Gasteiger partial charge in [-0.15, -0.1) is 0 Å². The van der Waals surface area contributed by atoms with E-state index >= 15 is 0 Å². The fraction of sp³-hybridized carbons (Fsp3) is 0.914. The summed E-state index contributed by atoms with van der Waals surface area (Å²) in [6.45, 7) is 6.67. The Kier molecular flexibility index (Phi) is 52.2. The number of rotatable bonds is 53. The van der Waals surface area contributed by atoms with E-state index in [9.17, 15) is 14.4 Å². The van der Waals surface area contributed by atoms with Crippen molar-refractivity contribution in [2.75, 3.05) is 13.2 Å². The molecule has 6 nitrogen and oxygen atoms in total. The highest BCUT2D eigenvalue weighted by atomic mass is 16.6. The van der Waals surface area contributed by atoms with Gasteiger partial charge in [0.05, 0.1) is 0 Å². The molecule has 0 rings (SSSR count). The highest BCUT2D eigenvalue weighted by Crippen LogP contribution is 2.17. The van der Waals surface area contributed by atoms with Crippen molar-refractivity contribution in [3.05, 3.63) is 12.2 Å². The molecule has 6 heteroatoms. The molecule has 0 aliphatic carbocycles. The molecule has 1 atom stereocenters. The molecule has 0 fully saturated rings. The van der Waals surface area contributed by atoms with E-state index in [0.717, 1.165) is 57.8 Å². The van der Waals surface area contributed by atoms with E-state index in [0.29, 0.717) is 19.3 Å². The monoisotopic (exact) mass is 903 g/mol.